The molecule has 0 spiro atoms. The van der Waals surface area contributed by atoms with Crippen LogP contribution >= 0.6 is 0 Å². The van der Waals surface area contributed by atoms with E-state index in [0.29, 0.717) is 16.6 Å². The Morgan fingerprint density at radius 1 is 0.880 bits per heavy atom. The Morgan fingerprint density at radius 3 is 2.32 bits per heavy atom. The number of benzene rings is 3. The highest BCUT2D eigenvalue weighted by Crippen LogP contribution is 2.29. The van der Waals surface area contributed by atoms with Crippen molar-refractivity contribution in [3.8, 4) is 5.75 Å². The molecule has 5 heteroatoms. The van der Waals surface area contributed by atoms with E-state index in [1.807, 2.05) is 0 Å². The van der Waals surface area contributed by atoms with Crippen molar-refractivity contribution in [1.29, 1.82) is 0 Å². The predicted molar refractivity (Wildman–Crippen MR) is 94.2 cm³/mol. The van der Waals surface area contributed by atoms with Gasteiger partial charge in [-0.25, -0.2) is 4.39 Å². The number of nitrogens with one attached hydrogen (secondary N) is 1. The molecule has 0 aliphatic carbocycles. The number of aromatic hydroxyl groups is 1. The number of hydrogen-bond acceptors (Lipinski definition) is 3. The number of carbonyl (C=O) groups is 2. The highest BCUT2D eigenvalue weighted by Gasteiger charge is 2.11. The van der Waals surface area contributed by atoms with Crippen LogP contribution in [0.1, 0.15) is 23.2 Å². The summed E-state index contributed by atoms with van der Waals surface area (Å²) in [6.07, 6.45) is 0.0545. The van der Waals surface area contributed by atoms with Gasteiger partial charge in [0.05, 0.1) is 0 Å². The second-order valence-corrected chi connectivity index (χ2v) is 5.66. The molecule has 0 unspecified atom stereocenters. The van der Waals surface area contributed by atoms with Crippen LogP contribution in [0.2, 0.25) is 0 Å². The van der Waals surface area contributed by atoms with Crippen LogP contribution in [0, 0.1) is 5.82 Å². The Bertz CT molecular complexity index is 935. The van der Waals surface area contributed by atoms with Gasteiger partial charge in [0.2, 0.25) is 5.91 Å². The molecule has 2 N–H and O–H groups in total. The van der Waals surface area contributed by atoms with Crippen molar-refractivity contribution in [1.82, 2.24) is 0 Å². The fourth-order valence-electron chi connectivity index (χ4n) is 2.62. The fourth-order valence-corrected chi connectivity index (χ4v) is 2.62. The zero-order chi connectivity index (χ0) is 17.8. The summed E-state index contributed by atoms with van der Waals surface area (Å²) in [6, 6.07) is 15.6. The lowest BCUT2D eigenvalue weighted by molar-refractivity contribution is -0.116. The first kappa shape index (κ1) is 16.6. The van der Waals surface area contributed by atoms with Crippen molar-refractivity contribution in [3.05, 3.63) is 72.0 Å². The molecular formula is C20H16FNO3. The summed E-state index contributed by atoms with van der Waals surface area (Å²) >= 11 is 0. The monoisotopic (exact) mass is 337 g/mol. The van der Waals surface area contributed by atoms with Gasteiger partial charge in [-0.05, 0) is 36.4 Å². The molecule has 1 amide bonds. The summed E-state index contributed by atoms with van der Waals surface area (Å²) in [5, 5.41) is 14.0. The van der Waals surface area contributed by atoms with Gasteiger partial charge in [0.1, 0.15) is 11.6 Å². The van der Waals surface area contributed by atoms with E-state index < -0.39 is 5.82 Å². The van der Waals surface area contributed by atoms with E-state index in [-0.39, 0.29) is 30.3 Å². The number of phenols is 1. The molecule has 0 aliphatic heterocycles. The minimum Gasteiger partial charge on any atom is -0.507 e. The van der Waals surface area contributed by atoms with Crippen LogP contribution in [0.15, 0.2) is 60.7 Å². The van der Waals surface area contributed by atoms with Gasteiger partial charge in [0, 0.05) is 34.9 Å². The van der Waals surface area contributed by atoms with Crippen molar-refractivity contribution < 1.29 is 19.1 Å². The quantitative estimate of drug-likeness (QED) is 0.683. The standard InChI is InChI=1S/C20H16FNO3/c21-14-9-7-13(8-10-14)18(23)11-12-20(25)22-17-5-1-4-16-15(17)3-2-6-19(16)24/h1-10,24H,11-12H2,(H,22,25). The van der Waals surface area contributed by atoms with Gasteiger partial charge in [-0.15, -0.1) is 0 Å². The van der Waals surface area contributed by atoms with Gasteiger partial charge >= 0.3 is 0 Å². The number of amides is 1. The predicted octanol–water partition coefficient (Wildman–Crippen LogP) is 4.29. The third-order valence-corrected chi connectivity index (χ3v) is 3.92. The molecule has 0 aliphatic rings. The minimum absolute atomic E-state index is 0.0193. The second kappa shape index (κ2) is 7.13. The van der Waals surface area contributed by atoms with Crippen molar-refractivity contribution in [2.24, 2.45) is 0 Å². The average molecular weight is 337 g/mol. The van der Waals surface area contributed by atoms with E-state index in [1.54, 1.807) is 36.4 Å². The van der Waals surface area contributed by atoms with Gasteiger partial charge < -0.3 is 10.4 Å². The number of ketones is 1. The lowest BCUT2D eigenvalue weighted by Crippen LogP contribution is -2.13. The maximum absolute atomic E-state index is 12.9. The van der Waals surface area contributed by atoms with Crippen molar-refractivity contribution in [2.75, 3.05) is 5.32 Å². The molecule has 126 valence electrons. The molecule has 3 aromatic carbocycles. The fraction of sp³-hybridized carbons (Fsp3) is 0.100. The Balaban J connectivity index is 1.66. The molecule has 0 heterocycles. The zero-order valence-corrected chi connectivity index (χ0v) is 13.3. The van der Waals surface area contributed by atoms with E-state index in [4.69, 9.17) is 0 Å². The third kappa shape index (κ3) is 3.83. The lowest BCUT2D eigenvalue weighted by Gasteiger charge is -2.09. The van der Waals surface area contributed by atoms with E-state index in [9.17, 15) is 19.1 Å². The molecule has 0 aromatic heterocycles. The zero-order valence-electron chi connectivity index (χ0n) is 13.3. The van der Waals surface area contributed by atoms with E-state index in [0.717, 1.165) is 5.39 Å². The van der Waals surface area contributed by atoms with Crippen molar-refractivity contribution in [3.63, 3.8) is 0 Å². The van der Waals surface area contributed by atoms with Crippen LogP contribution in [-0.4, -0.2) is 16.8 Å². The summed E-state index contributed by atoms with van der Waals surface area (Å²) in [6.45, 7) is 0. The molecule has 0 saturated carbocycles. The maximum Gasteiger partial charge on any atom is 0.224 e. The first-order valence-corrected chi connectivity index (χ1v) is 7.84. The molecule has 3 rings (SSSR count). The number of carbonyl (C=O) groups excluding carboxylic acids is 2. The number of phenolic OH excluding ortho intramolecular Hbond substituents is 1. The summed E-state index contributed by atoms with van der Waals surface area (Å²) in [7, 11) is 0. The molecule has 3 aromatic rings. The molecule has 4 nitrogen and oxygen atoms in total. The highest BCUT2D eigenvalue weighted by atomic mass is 19.1. The maximum atomic E-state index is 12.9. The highest BCUT2D eigenvalue weighted by molar-refractivity contribution is 6.05. The first-order valence-electron chi connectivity index (χ1n) is 7.84. The summed E-state index contributed by atoms with van der Waals surface area (Å²) in [5.41, 5.74) is 0.955. The summed E-state index contributed by atoms with van der Waals surface area (Å²) in [4.78, 5) is 24.2. The molecule has 0 fully saturated rings. The third-order valence-electron chi connectivity index (χ3n) is 3.92. The number of anilines is 1. The Labute approximate surface area is 143 Å². The smallest absolute Gasteiger partial charge is 0.224 e. The van der Waals surface area contributed by atoms with Crippen LogP contribution in [0.4, 0.5) is 10.1 Å². The normalized spacial score (nSPS) is 10.6. The molecular weight excluding hydrogens is 321 g/mol. The van der Waals surface area contributed by atoms with Gasteiger partial charge in [-0.1, -0.05) is 24.3 Å². The SMILES string of the molecule is O=C(CCC(=O)c1ccc(F)cc1)Nc1cccc2c(O)cccc12. The van der Waals surface area contributed by atoms with E-state index in [1.165, 1.54) is 24.3 Å². The number of hydrogen-bond donors (Lipinski definition) is 2. The van der Waals surface area contributed by atoms with Gasteiger partial charge in [-0.3, -0.25) is 9.59 Å². The van der Waals surface area contributed by atoms with Crippen LogP contribution in [-0.2, 0) is 4.79 Å². The lowest BCUT2D eigenvalue weighted by atomic mass is 10.1. The van der Waals surface area contributed by atoms with Crippen LogP contribution in [0.5, 0.6) is 5.75 Å². The number of halogens is 1. The molecule has 0 radical (unpaired) electrons. The Kier molecular flexibility index (Phi) is 4.75. The van der Waals surface area contributed by atoms with E-state index in [2.05, 4.69) is 5.32 Å². The number of rotatable bonds is 5. The molecule has 25 heavy (non-hydrogen) atoms. The van der Waals surface area contributed by atoms with Gasteiger partial charge in [0.25, 0.3) is 0 Å². The summed E-state index contributed by atoms with van der Waals surface area (Å²) in [5.74, 6) is -0.786. The number of Topliss-reactive ketones (excluding diaryl/α,β-unsaturated/α-hetero) is 1. The summed E-state index contributed by atoms with van der Waals surface area (Å²) < 4.78 is 12.9. The Hall–Kier alpha value is -3.21. The first-order chi connectivity index (χ1) is 12.0. The molecule has 0 bridgehead atoms. The van der Waals surface area contributed by atoms with Gasteiger partial charge in [-0.2, -0.15) is 0 Å². The van der Waals surface area contributed by atoms with Crippen molar-refractivity contribution in [2.45, 2.75) is 12.8 Å². The average Bonchev–Trinajstić information content (AvgIpc) is 2.61. The van der Waals surface area contributed by atoms with Crippen molar-refractivity contribution >= 4 is 28.2 Å². The van der Waals surface area contributed by atoms with E-state index >= 15 is 0 Å². The topological polar surface area (TPSA) is 66.4 Å². The second-order valence-electron chi connectivity index (χ2n) is 5.66. The Morgan fingerprint density at radius 2 is 1.56 bits per heavy atom. The minimum atomic E-state index is -0.409. The molecule has 0 saturated heterocycles. The largest absolute Gasteiger partial charge is 0.507 e. The van der Waals surface area contributed by atoms with Gasteiger partial charge in [0.15, 0.2) is 5.78 Å². The van der Waals surface area contributed by atoms with Crippen LogP contribution in [0.3, 0.4) is 0 Å². The van der Waals surface area contributed by atoms with Crippen LogP contribution in [0.25, 0.3) is 10.8 Å². The number of fused-ring (bicyclic) bond motifs is 1. The molecule has 0 atom stereocenters. The van der Waals surface area contributed by atoms with Crippen LogP contribution < -0.4 is 5.32 Å².